The predicted molar refractivity (Wildman–Crippen MR) is 90.8 cm³/mol. The Bertz CT molecular complexity index is 690. The molecule has 1 aromatic rings. The van der Waals surface area contributed by atoms with E-state index in [9.17, 15) is 13.2 Å². The van der Waals surface area contributed by atoms with Gasteiger partial charge in [0.1, 0.15) is 0 Å². The van der Waals surface area contributed by atoms with Gasteiger partial charge in [0.05, 0.1) is 11.4 Å². The number of nitrogens with one attached hydrogen (secondary N) is 1. The Morgan fingerprint density at radius 1 is 1.26 bits per heavy atom. The first-order valence-corrected chi connectivity index (χ1v) is 9.73. The fraction of sp³-hybridized carbons (Fsp3) is 0.562. The zero-order valence-corrected chi connectivity index (χ0v) is 13.9. The highest BCUT2D eigenvalue weighted by Crippen LogP contribution is 2.28. The molecule has 1 aliphatic heterocycles. The van der Waals surface area contributed by atoms with Crippen LogP contribution in [0.3, 0.4) is 0 Å². The highest BCUT2D eigenvalue weighted by Gasteiger charge is 2.29. The molecule has 1 saturated heterocycles. The van der Waals surface area contributed by atoms with E-state index in [4.69, 9.17) is 5.73 Å². The van der Waals surface area contributed by atoms with Crippen molar-refractivity contribution in [1.29, 1.82) is 0 Å². The Labute approximate surface area is 137 Å². The maximum absolute atomic E-state index is 12.4. The van der Waals surface area contributed by atoms with Crippen molar-refractivity contribution in [1.82, 2.24) is 0 Å². The molecule has 0 bridgehead atoms. The number of hydrogen-bond acceptors (Lipinski definition) is 4. The van der Waals surface area contributed by atoms with Crippen LogP contribution in [0.4, 0.5) is 11.4 Å². The number of rotatable bonds is 3. The first-order valence-electron chi connectivity index (χ1n) is 8.12. The lowest BCUT2D eigenvalue weighted by Gasteiger charge is -2.26. The van der Waals surface area contributed by atoms with Crippen LogP contribution in [-0.2, 0) is 14.8 Å². The fourth-order valence-electron chi connectivity index (χ4n) is 3.38. The van der Waals surface area contributed by atoms with Crippen molar-refractivity contribution in [3.8, 4) is 0 Å². The molecule has 0 spiro atoms. The summed E-state index contributed by atoms with van der Waals surface area (Å²) in [5, 5.41) is 2.91. The summed E-state index contributed by atoms with van der Waals surface area (Å²) >= 11 is 0. The third kappa shape index (κ3) is 3.67. The van der Waals surface area contributed by atoms with E-state index in [2.05, 4.69) is 5.32 Å². The maximum Gasteiger partial charge on any atom is 0.235 e. The molecule has 2 aliphatic rings. The minimum absolute atomic E-state index is 0.0263. The lowest BCUT2D eigenvalue weighted by molar-refractivity contribution is -0.120. The van der Waals surface area contributed by atoms with Gasteiger partial charge in [-0.1, -0.05) is 12.5 Å². The number of nitrogens with zero attached hydrogens (tertiary/aromatic N) is 1. The van der Waals surface area contributed by atoms with Crippen LogP contribution < -0.4 is 15.4 Å². The number of anilines is 2. The number of carbonyl (C=O) groups is 1. The van der Waals surface area contributed by atoms with E-state index in [1.54, 1.807) is 24.3 Å². The Kier molecular flexibility index (Phi) is 4.59. The SMILES string of the molecule is NC1CCCC(C(=O)Nc2cccc(N3CCCS3(=O)=O)c2)C1. The average Bonchev–Trinajstić information content (AvgIpc) is 2.87. The summed E-state index contributed by atoms with van der Waals surface area (Å²) in [6.45, 7) is 0.497. The molecule has 1 amide bonds. The molecule has 0 aromatic heterocycles. The average molecular weight is 337 g/mol. The highest BCUT2D eigenvalue weighted by atomic mass is 32.2. The van der Waals surface area contributed by atoms with E-state index in [0.717, 1.165) is 19.3 Å². The fourth-order valence-corrected chi connectivity index (χ4v) is 4.93. The van der Waals surface area contributed by atoms with Crippen molar-refractivity contribution in [3.05, 3.63) is 24.3 Å². The first kappa shape index (κ1) is 16.3. The molecule has 2 unspecified atom stereocenters. The van der Waals surface area contributed by atoms with E-state index in [1.165, 1.54) is 4.31 Å². The van der Waals surface area contributed by atoms with Gasteiger partial charge in [0.15, 0.2) is 0 Å². The van der Waals surface area contributed by atoms with Crippen LogP contribution in [0, 0.1) is 5.92 Å². The molecule has 23 heavy (non-hydrogen) atoms. The summed E-state index contributed by atoms with van der Waals surface area (Å²) in [4.78, 5) is 12.4. The van der Waals surface area contributed by atoms with Gasteiger partial charge < -0.3 is 11.1 Å². The summed E-state index contributed by atoms with van der Waals surface area (Å²) in [5.74, 6) is 0.100. The van der Waals surface area contributed by atoms with Crippen molar-refractivity contribution in [2.45, 2.75) is 38.1 Å². The van der Waals surface area contributed by atoms with Crippen LogP contribution in [0.1, 0.15) is 32.1 Å². The van der Waals surface area contributed by atoms with Gasteiger partial charge >= 0.3 is 0 Å². The van der Waals surface area contributed by atoms with Crippen molar-refractivity contribution in [2.75, 3.05) is 21.9 Å². The van der Waals surface area contributed by atoms with Gasteiger partial charge in [0, 0.05) is 24.2 Å². The van der Waals surface area contributed by atoms with Gasteiger partial charge in [0.2, 0.25) is 15.9 Å². The second-order valence-corrected chi connectivity index (χ2v) is 8.42. The molecule has 3 N–H and O–H groups in total. The van der Waals surface area contributed by atoms with Gasteiger partial charge in [-0.15, -0.1) is 0 Å². The molecular weight excluding hydrogens is 314 g/mol. The van der Waals surface area contributed by atoms with Gasteiger partial charge in [-0.3, -0.25) is 9.10 Å². The third-order valence-corrected chi connectivity index (χ3v) is 6.46. The summed E-state index contributed by atoms with van der Waals surface area (Å²) < 4.78 is 25.4. The largest absolute Gasteiger partial charge is 0.328 e. The predicted octanol–water partition coefficient (Wildman–Crippen LogP) is 1.68. The summed E-state index contributed by atoms with van der Waals surface area (Å²) in [5.41, 5.74) is 7.18. The molecule has 2 atom stereocenters. The van der Waals surface area contributed by atoms with Crippen LogP contribution in [0.15, 0.2) is 24.3 Å². The van der Waals surface area contributed by atoms with Gasteiger partial charge in [-0.25, -0.2) is 8.42 Å². The summed E-state index contributed by atoms with van der Waals surface area (Å²) in [6, 6.07) is 7.14. The standard InChI is InChI=1S/C16H23N3O3S/c17-13-5-1-4-12(10-13)16(20)18-14-6-2-7-15(11-14)19-8-3-9-23(19,21)22/h2,6-7,11-13H,1,3-5,8-10,17H2,(H,18,20). The van der Waals surface area contributed by atoms with E-state index in [1.807, 2.05) is 0 Å². The lowest BCUT2D eigenvalue weighted by atomic mass is 9.85. The molecule has 1 heterocycles. The van der Waals surface area contributed by atoms with Crippen molar-refractivity contribution in [2.24, 2.45) is 11.7 Å². The topological polar surface area (TPSA) is 92.5 Å². The Hall–Kier alpha value is -1.60. The van der Waals surface area contributed by atoms with Crippen LogP contribution in [-0.4, -0.2) is 32.7 Å². The maximum atomic E-state index is 12.4. The number of carbonyl (C=O) groups excluding carboxylic acids is 1. The van der Waals surface area contributed by atoms with E-state index < -0.39 is 10.0 Å². The molecule has 0 radical (unpaired) electrons. The van der Waals surface area contributed by atoms with Crippen LogP contribution >= 0.6 is 0 Å². The minimum atomic E-state index is -3.21. The minimum Gasteiger partial charge on any atom is -0.328 e. The third-order valence-electron chi connectivity index (χ3n) is 4.59. The van der Waals surface area contributed by atoms with E-state index in [0.29, 0.717) is 30.8 Å². The molecule has 6 nitrogen and oxygen atoms in total. The highest BCUT2D eigenvalue weighted by molar-refractivity contribution is 7.93. The van der Waals surface area contributed by atoms with E-state index in [-0.39, 0.29) is 23.6 Å². The van der Waals surface area contributed by atoms with Crippen molar-refractivity contribution >= 4 is 27.3 Å². The molecule has 1 saturated carbocycles. The second-order valence-electron chi connectivity index (χ2n) is 6.40. The molecule has 3 rings (SSSR count). The lowest BCUT2D eigenvalue weighted by Crippen LogP contribution is -2.34. The van der Waals surface area contributed by atoms with Gasteiger partial charge in [-0.2, -0.15) is 0 Å². The van der Waals surface area contributed by atoms with Crippen LogP contribution in [0.5, 0.6) is 0 Å². The van der Waals surface area contributed by atoms with E-state index >= 15 is 0 Å². The smallest absolute Gasteiger partial charge is 0.235 e. The second kappa shape index (κ2) is 6.49. The Morgan fingerprint density at radius 3 is 2.78 bits per heavy atom. The van der Waals surface area contributed by atoms with Crippen molar-refractivity contribution < 1.29 is 13.2 Å². The molecule has 2 fully saturated rings. The van der Waals surface area contributed by atoms with Crippen LogP contribution in [0.25, 0.3) is 0 Å². The normalized spacial score (nSPS) is 26.9. The summed E-state index contributed by atoms with van der Waals surface area (Å²) in [7, 11) is -3.21. The number of amides is 1. The molecule has 1 aromatic carbocycles. The Balaban J connectivity index is 1.71. The zero-order chi connectivity index (χ0) is 16.4. The molecule has 1 aliphatic carbocycles. The number of nitrogens with two attached hydrogens (primary N) is 1. The zero-order valence-electron chi connectivity index (χ0n) is 13.1. The number of benzene rings is 1. The van der Waals surface area contributed by atoms with Gasteiger partial charge in [-0.05, 0) is 43.9 Å². The molecule has 126 valence electrons. The summed E-state index contributed by atoms with van der Waals surface area (Å²) in [6.07, 6.45) is 4.17. The monoisotopic (exact) mass is 337 g/mol. The number of sulfonamides is 1. The first-order chi connectivity index (χ1) is 11.0. The molecule has 7 heteroatoms. The molecular formula is C16H23N3O3S. The quantitative estimate of drug-likeness (QED) is 0.878. The number of hydrogen-bond donors (Lipinski definition) is 2. The van der Waals surface area contributed by atoms with Crippen LogP contribution in [0.2, 0.25) is 0 Å². The Morgan fingerprint density at radius 2 is 2.09 bits per heavy atom. The van der Waals surface area contributed by atoms with Gasteiger partial charge in [0.25, 0.3) is 0 Å². The van der Waals surface area contributed by atoms with Crippen molar-refractivity contribution in [3.63, 3.8) is 0 Å².